The summed E-state index contributed by atoms with van der Waals surface area (Å²) in [4.78, 5) is 26.3. The average Bonchev–Trinajstić information content (AvgIpc) is 2.91. The fraction of sp³-hybridized carbons (Fsp3) is 0.583. The van der Waals surface area contributed by atoms with Crippen LogP contribution < -0.4 is 5.32 Å². The average molecular weight is 248 g/mol. The summed E-state index contributed by atoms with van der Waals surface area (Å²) in [6.45, 7) is 2.62. The third kappa shape index (κ3) is 1.38. The number of carbonyl (C=O) groups is 2. The van der Waals surface area contributed by atoms with Gasteiger partial charge in [0.2, 0.25) is 5.91 Å². The molecule has 0 aromatic carbocycles. The molecular formula is C12H16N4O2. The number of hydrogen-bond acceptors (Lipinski definition) is 3. The zero-order chi connectivity index (χ0) is 12.9. The Hall–Kier alpha value is -1.85. The molecule has 0 saturated carbocycles. The van der Waals surface area contributed by atoms with Crippen LogP contribution in [0.15, 0.2) is 0 Å². The van der Waals surface area contributed by atoms with Crippen LogP contribution in [0.5, 0.6) is 0 Å². The summed E-state index contributed by atoms with van der Waals surface area (Å²) in [5.74, 6) is -0.164. The molecule has 0 bridgehead atoms. The molecule has 0 radical (unpaired) electrons. The largest absolute Gasteiger partial charge is 0.325 e. The van der Waals surface area contributed by atoms with E-state index in [1.165, 1.54) is 0 Å². The number of nitrogens with one attached hydrogen (secondary N) is 1. The highest BCUT2D eigenvalue weighted by molar-refractivity contribution is 6.09. The summed E-state index contributed by atoms with van der Waals surface area (Å²) in [7, 11) is 1.75. The summed E-state index contributed by atoms with van der Waals surface area (Å²) in [5, 5.41) is 7.19. The van der Waals surface area contributed by atoms with E-state index in [2.05, 4.69) is 10.4 Å². The number of amides is 2. The standard InChI is InChI=1S/C12H16N4O2/c1-3-7-9-10(15(2)14-7)12(18)16-6-4-5-8(16)11(17)13-9/h8H,3-6H2,1-2H3,(H,13,17)/t8-/m1/s1. The number of anilines is 1. The van der Waals surface area contributed by atoms with Gasteiger partial charge in [-0.25, -0.2) is 0 Å². The van der Waals surface area contributed by atoms with E-state index in [4.69, 9.17) is 0 Å². The van der Waals surface area contributed by atoms with E-state index >= 15 is 0 Å². The third-order valence-corrected chi connectivity index (χ3v) is 3.72. The Kier molecular flexibility index (Phi) is 2.39. The highest BCUT2D eigenvalue weighted by atomic mass is 16.2. The molecule has 6 nitrogen and oxygen atoms in total. The molecule has 3 rings (SSSR count). The molecule has 3 heterocycles. The molecule has 96 valence electrons. The number of rotatable bonds is 1. The molecule has 0 spiro atoms. The molecule has 18 heavy (non-hydrogen) atoms. The molecule has 1 aromatic rings. The van der Waals surface area contributed by atoms with Crippen LogP contribution in [0.3, 0.4) is 0 Å². The lowest BCUT2D eigenvalue weighted by Gasteiger charge is -2.20. The molecule has 1 aromatic heterocycles. The maximum Gasteiger partial charge on any atom is 0.274 e. The first-order chi connectivity index (χ1) is 8.63. The van der Waals surface area contributed by atoms with Gasteiger partial charge >= 0.3 is 0 Å². The number of aromatic nitrogens is 2. The zero-order valence-electron chi connectivity index (χ0n) is 10.6. The molecule has 2 aliphatic heterocycles. The SMILES string of the molecule is CCc1nn(C)c2c1NC(=O)[C@H]1CCCN1C2=O. The van der Waals surface area contributed by atoms with Crippen LogP contribution in [0, 0.1) is 0 Å². The smallest absolute Gasteiger partial charge is 0.274 e. The topological polar surface area (TPSA) is 67.2 Å². The van der Waals surface area contributed by atoms with Crippen LogP contribution in [0.1, 0.15) is 35.9 Å². The van der Waals surface area contributed by atoms with E-state index < -0.39 is 0 Å². The van der Waals surface area contributed by atoms with E-state index in [0.29, 0.717) is 24.3 Å². The Morgan fingerprint density at radius 1 is 1.44 bits per heavy atom. The van der Waals surface area contributed by atoms with Crippen molar-refractivity contribution in [1.82, 2.24) is 14.7 Å². The van der Waals surface area contributed by atoms with Gasteiger partial charge in [-0.3, -0.25) is 14.3 Å². The lowest BCUT2D eigenvalue weighted by Crippen LogP contribution is -2.41. The van der Waals surface area contributed by atoms with Gasteiger partial charge in [-0.15, -0.1) is 0 Å². The first kappa shape index (κ1) is 11.3. The Labute approximate surface area is 105 Å². The van der Waals surface area contributed by atoms with Gasteiger partial charge in [-0.1, -0.05) is 6.92 Å². The van der Waals surface area contributed by atoms with Crippen LogP contribution in [0.2, 0.25) is 0 Å². The number of fused-ring (bicyclic) bond motifs is 2. The predicted molar refractivity (Wildman–Crippen MR) is 65.3 cm³/mol. The second-order valence-electron chi connectivity index (χ2n) is 4.79. The van der Waals surface area contributed by atoms with Crippen LogP contribution >= 0.6 is 0 Å². The van der Waals surface area contributed by atoms with E-state index in [9.17, 15) is 9.59 Å². The second-order valence-corrected chi connectivity index (χ2v) is 4.79. The third-order valence-electron chi connectivity index (χ3n) is 3.72. The van der Waals surface area contributed by atoms with Crippen LogP contribution in [0.4, 0.5) is 5.69 Å². The summed E-state index contributed by atoms with van der Waals surface area (Å²) in [6.07, 6.45) is 2.33. The highest BCUT2D eigenvalue weighted by Crippen LogP contribution is 2.30. The van der Waals surface area contributed by atoms with Crippen molar-refractivity contribution in [2.24, 2.45) is 7.05 Å². The Balaban J connectivity index is 2.15. The van der Waals surface area contributed by atoms with Gasteiger partial charge in [-0.2, -0.15) is 5.10 Å². The minimum Gasteiger partial charge on any atom is -0.325 e. The lowest BCUT2D eigenvalue weighted by molar-refractivity contribution is -0.119. The summed E-state index contributed by atoms with van der Waals surface area (Å²) >= 11 is 0. The van der Waals surface area contributed by atoms with Crippen molar-refractivity contribution < 1.29 is 9.59 Å². The summed E-state index contributed by atoms with van der Waals surface area (Å²) < 4.78 is 1.58. The second kappa shape index (κ2) is 3.83. The molecule has 6 heteroatoms. The van der Waals surface area contributed by atoms with Crippen molar-refractivity contribution in [1.29, 1.82) is 0 Å². The van der Waals surface area contributed by atoms with Gasteiger partial charge in [0.1, 0.15) is 11.7 Å². The molecule has 1 atom stereocenters. The van der Waals surface area contributed by atoms with Gasteiger partial charge in [0.05, 0.1) is 11.4 Å². The van der Waals surface area contributed by atoms with Gasteiger partial charge < -0.3 is 10.2 Å². The predicted octanol–water partition coefficient (Wildman–Crippen LogP) is 0.539. The number of aryl methyl sites for hydroxylation is 2. The summed E-state index contributed by atoms with van der Waals surface area (Å²) in [5.41, 5.74) is 1.88. The number of nitrogens with zero attached hydrogens (tertiary/aromatic N) is 3. The van der Waals surface area contributed by atoms with E-state index in [-0.39, 0.29) is 17.9 Å². The monoisotopic (exact) mass is 248 g/mol. The van der Waals surface area contributed by atoms with Gasteiger partial charge in [0.15, 0.2) is 0 Å². The molecular weight excluding hydrogens is 232 g/mol. The fourth-order valence-corrected chi connectivity index (χ4v) is 2.83. The van der Waals surface area contributed by atoms with Gasteiger partial charge in [-0.05, 0) is 19.3 Å². The first-order valence-corrected chi connectivity index (χ1v) is 6.31. The molecule has 1 saturated heterocycles. The fourth-order valence-electron chi connectivity index (χ4n) is 2.83. The molecule has 2 amide bonds. The van der Waals surface area contributed by atoms with Gasteiger partial charge in [0, 0.05) is 13.6 Å². The van der Waals surface area contributed by atoms with E-state index in [1.54, 1.807) is 16.6 Å². The summed E-state index contributed by atoms with van der Waals surface area (Å²) in [6, 6.07) is -0.311. The first-order valence-electron chi connectivity index (χ1n) is 6.31. The number of carbonyl (C=O) groups excluding carboxylic acids is 2. The van der Waals surface area contributed by atoms with E-state index in [0.717, 1.165) is 18.5 Å². The minimum absolute atomic E-state index is 0.0812. The van der Waals surface area contributed by atoms with Crippen LogP contribution in [0.25, 0.3) is 0 Å². The Bertz CT molecular complexity index is 534. The Morgan fingerprint density at radius 2 is 2.22 bits per heavy atom. The van der Waals surface area contributed by atoms with Crippen molar-refractivity contribution in [3.8, 4) is 0 Å². The number of hydrogen-bond donors (Lipinski definition) is 1. The zero-order valence-corrected chi connectivity index (χ0v) is 10.6. The lowest BCUT2D eigenvalue weighted by atomic mass is 10.2. The molecule has 1 fully saturated rings. The van der Waals surface area contributed by atoms with E-state index in [1.807, 2.05) is 6.92 Å². The Morgan fingerprint density at radius 3 is 2.94 bits per heavy atom. The van der Waals surface area contributed by atoms with Crippen molar-refractivity contribution in [3.63, 3.8) is 0 Å². The molecule has 1 N–H and O–H groups in total. The van der Waals surface area contributed by atoms with Crippen molar-refractivity contribution >= 4 is 17.5 Å². The molecule has 0 unspecified atom stereocenters. The van der Waals surface area contributed by atoms with Crippen LogP contribution in [-0.2, 0) is 18.3 Å². The maximum absolute atomic E-state index is 12.5. The highest BCUT2D eigenvalue weighted by Gasteiger charge is 2.40. The van der Waals surface area contributed by atoms with Crippen molar-refractivity contribution in [2.45, 2.75) is 32.2 Å². The molecule has 2 aliphatic rings. The van der Waals surface area contributed by atoms with Crippen molar-refractivity contribution in [3.05, 3.63) is 11.4 Å². The van der Waals surface area contributed by atoms with Crippen LogP contribution in [-0.4, -0.2) is 39.1 Å². The molecule has 0 aliphatic carbocycles. The normalized spacial score (nSPS) is 22.6. The quantitative estimate of drug-likeness (QED) is 0.788. The van der Waals surface area contributed by atoms with Crippen molar-refractivity contribution in [2.75, 3.05) is 11.9 Å². The maximum atomic E-state index is 12.5. The van der Waals surface area contributed by atoms with Gasteiger partial charge in [0.25, 0.3) is 5.91 Å². The minimum atomic E-state index is -0.311.